The van der Waals surface area contributed by atoms with Gasteiger partial charge in [0.1, 0.15) is 0 Å². The number of ether oxygens (including phenoxy) is 2. The molecule has 4 heteroatoms. The zero-order valence-electron chi connectivity index (χ0n) is 12.0. The molecule has 0 fully saturated rings. The molecule has 1 N–H and O–H groups in total. The Morgan fingerprint density at radius 1 is 1.12 bits per heavy atom. The average Bonchev–Trinajstić information content (AvgIpc) is 2.33. The fourth-order valence-corrected chi connectivity index (χ4v) is 1.90. The van der Waals surface area contributed by atoms with E-state index in [1.807, 2.05) is 0 Å². The van der Waals surface area contributed by atoms with E-state index in [9.17, 15) is 0 Å². The summed E-state index contributed by atoms with van der Waals surface area (Å²) < 4.78 is 10.2. The standard InChI is InChI=1S/C13H30N2O2/c1-5-15(13(2)12-17-4)10-7-6-8-14-9-11-16-3/h13-14H,5-12H2,1-4H3. The number of nitrogens with one attached hydrogen (secondary N) is 1. The van der Waals surface area contributed by atoms with Crippen LogP contribution >= 0.6 is 0 Å². The van der Waals surface area contributed by atoms with Crippen molar-refractivity contribution in [1.29, 1.82) is 0 Å². The molecule has 1 unspecified atom stereocenters. The molecule has 17 heavy (non-hydrogen) atoms. The van der Waals surface area contributed by atoms with Crippen LogP contribution in [0.3, 0.4) is 0 Å². The Morgan fingerprint density at radius 3 is 2.47 bits per heavy atom. The lowest BCUT2D eigenvalue weighted by Gasteiger charge is -2.27. The number of methoxy groups -OCH3 is 2. The second kappa shape index (κ2) is 12.3. The predicted molar refractivity (Wildman–Crippen MR) is 72.6 cm³/mol. The van der Waals surface area contributed by atoms with Crippen LogP contribution in [0.4, 0.5) is 0 Å². The molecule has 0 amide bonds. The molecule has 0 aromatic rings. The molecule has 0 bridgehead atoms. The first-order valence-electron chi connectivity index (χ1n) is 6.68. The molecular formula is C13H30N2O2. The van der Waals surface area contributed by atoms with Crippen LogP contribution in [0.5, 0.6) is 0 Å². The Hall–Kier alpha value is -0.160. The first kappa shape index (κ1) is 16.8. The lowest BCUT2D eigenvalue weighted by Crippen LogP contribution is -2.37. The Balaban J connectivity index is 3.43. The van der Waals surface area contributed by atoms with Gasteiger partial charge in [0.15, 0.2) is 0 Å². The molecule has 0 aliphatic carbocycles. The van der Waals surface area contributed by atoms with Gasteiger partial charge in [-0.05, 0) is 39.4 Å². The highest BCUT2D eigenvalue weighted by molar-refractivity contribution is 4.65. The van der Waals surface area contributed by atoms with Crippen molar-refractivity contribution in [3.63, 3.8) is 0 Å². The Kier molecular flexibility index (Phi) is 12.2. The van der Waals surface area contributed by atoms with E-state index in [2.05, 4.69) is 24.1 Å². The van der Waals surface area contributed by atoms with Crippen molar-refractivity contribution in [3.8, 4) is 0 Å². The first-order valence-corrected chi connectivity index (χ1v) is 6.68. The minimum absolute atomic E-state index is 0.520. The van der Waals surface area contributed by atoms with Crippen LogP contribution in [0.1, 0.15) is 26.7 Å². The van der Waals surface area contributed by atoms with E-state index in [-0.39, 0.29) is 0 Å². The molecule has 0 aliphatic heterocycles. The summed E-state index contributed by atoms with van der Waals surface area (Å²) in [6.45, 7) is 10.3. The quantitative estimate of drug-likeness (QED) is 0.527. The summed E-state index contributed by atoms with van der Waals surface area (Å²) in [6.07, 6.45) is 2.46. The van der Waals surface area contributed by atoms with Gasteiger partial charge in [-0.3, -0.25) is 4.90 Å². The molecule has 0 heterocycles. The fraction of sp³-hybridized carbons (Fsp3) is 1.00. The van der Waals surface area contributed by atoms with E-state index in [0.717, 1.165) is 39.4 Å². The summed E-state index contributed by atoms with van der Waals surface area (Å²) in [5.41, 5.74) is 0. The van der Waals surface area contributed by atoms with Gasteiger partial charge in [0, 0.05) is 26.8 Å². The molecule has 104 valence electrons. The van der Waals surface area contributed by atoms with Crippen LogP contribution in [0.2, 0.25) is 0 Å². The van der Waals surface area contributed by atoms with Crippen LogP contribution in [-0.4, -0.2) is 64.6 Å². The van der Waals surface area contributed by atoms with Gasteiger partial charge in [-0.15, -0.1) is 0 Å². The lowest BCUT2D eigenvalue weighted by atomic mass is 10.2. The van der Waals surface area contributed by atoms with Crippen molar-refractivity contribution in [2.45, 2.75) is 32.7 Å². The van der Waals surface area contributed by atoms with Gasteiger partial charge >= 0.3 is 0 Å². The number of likely N-dealkylation sites (N-methyl/N-ethyl adjacent to an activating group) is 1. The molecule has 0 aromatic heterocycles. The minimum atomic E-state index is 0.520. The van der Waals surface area contributed by atoms with Gasteiger partial charge in [0.05, 0.1) is 13.2 Å². The van der Waals surface area contributed by atoms with E-state index in [4.69, 9.17) is 9.47 Å². The number of rotatable bonds is 12. The second-order valence-corrected chi connectivity index (χ2v) is 4.38. The number of hydrogen-bond acceptors (Lipinski definition) is 4. The van der Waals surface area contributed by atoms with Gasteiger partial charge in [-0.2, -0.15) is 0 Å². The third kappa shape index (κ3) is 9.53. The fourth-order valence-electron chi connectivity index (χ4n) is 1.90. The maximum Gasteiger partial charge on any atom is 0.0615 e. The summed E-state index contributed by atoms with van der Waals surface area (Å²) >= 11 is 0. The summed E-state index contributed by atoms with van der Waals surface area (Å²) in [5, 5.41) is 3.36. The highest BCUT2D eigenvalue weighted by Gasteiger charge is 2.10. The van der Waals surface area contributed by atoms with Crippen molar-refractivity contribution >= 4 is 0 Å². The van der Waals surface area contributed by atoms with Crippen LogP contribution in [0.15, 0.2) is 0 Å². The molecular weight excluding hydrogens is 216 g/mol. The van der Waals surface area contributed by atoms with E-state index in [1.54, 1.807) is 14.2 Å². The van der Waals surface area contributed by atoms with Crippen LogP contribution < -0.4 is 5.32 Å². The molecule has 0 saturated heterocycles. The normalized spacial score (nSPS) is 13.2. The van der Waals surface area contributed by atoms with Crippen molar-refractivity contribution < 1.29 is 9.47 Å². The SMILES string of the molecule is CCN(CCCCNCCOC)C(C)COC. The molecule has 4 nitrogen and oxygen atoms in total. The smallest absolute Gasteiger partial charge is 0.0615 e. The van der Waals surface area contributed by atoms with Crippen molar-refractivity contribution in [1.82, 2.24) is 10.2 Å². The lowest BCUT2D eigenvalue weighted by molar-refractivity contribution is 0.101. The van der Waals surface area contributed by atoms with Gasteiger partial charge in [-0.25, -0.2) is 0 Å². The van der Waals surface area contributed by atoms with Crippen LogP contribution in [-0.2, 0) is 9.47 Å². The molecule has 0 saturated carbocycles. The number of nitrogens with zero attached hydrogens (tertiary/aromatic N) is 1. The zero-order chi connectivity index (χ0) is 12.9. The van der Waals surface area contributed by atoms with Crippen LogP contribution in [0.25, 0.3) is 0 Å². The van der Waals surface area contributed by atoms with E-state index in [1.165, 1.54) is 12.8 Å². The third-order valence-electron chi connectivity index (χ3n) is 2.97. The first-order chi connectivity index (χ1) is 8.26. The Bertz CT molecular complexity index is 156. The summed E-state index contributed by atoms with van der Waals surface area (Å²) in [7, 11) is 3.50. The molecule has 0 radical (unpaired) electrons. The average molecular weight is 246 g/mol. The molecule has 0 rings (SSSR count). The van der Waals surface area contributed by atoms with Crippen molar-refractivity contribution in [2.75, 3.05) is 53.6 Å². The molecule has 1 atom stereocenters. The monoisotopic (exact) mass is 246 g/mol. The highest BCUT2D eigenvalue weighted by atomic mass is 16.5. The number of unbranched alkanes of at least 4 members (excludes halogenated alkanes) is 1. The Morgan fingerprint density at radius 2 is 1.88 bits per heavy atom. The van der Waals surface area contributed by atoms with Gasteiger partial charge in [0.25, 0.3) is 0 Å². The zero-order valence-corrected chi connectivity index (χ0v) is 12.0. The van der Waals surface area contributed by atoms with E-state index < -0.39 is 0 Å². The predicted octanol–water partition coefficient (Wildman–Crippen LogP) is 1.36. The molecule has 0 aromatic carbocycles. The van der Waals surface area contributed by atoms with Gasteiger partial charge in [0.2, 0.25) is 0 Å². The van der Waals surface area contributed by atoms with Gasteiger partial charge in [-0.1, -0.05) is 6.92 Å². The topological polar surface area (TPSA) is 33.7 Å². The maximum atomic E-state index is 5.19. The largest absolute Gasteiger partial charge is 0.383 e. The van der Waals surface area contributed by atoms with Crippen LogP contribution in [0, 0.1) is 0 Å². The highest BCUT2D eigenvalue weighted by Crippen LogP contribution is 2.02. The Labute approximate surface area is 107 Å². The third-order valence-corrected chi connectivity index (χ3v) is 2.97. The summed E-state index contributed by atoms with van der Waals surface area (Å²) in [5.74, 6) is 0. The van der Waals surface area contributed by atoms with Crippen molar-refractivity contribution in [3.05, 3.63) is 0 Å². The van der Waals surface area contributed by atoms with E-state index >= 15 is 0 Å². The van der Waals surface area contributed by atoms with Gasteiger partial charge < -0.3 is 14.8 Å². The summed E-state index contributed by atoms with van der Waals surface area (Å²) in [4.78, 5) is 2.47. The maximum absolute atomic E-state index is 5.19. The molecule has 0 aliphatic rings. The minimum Gasteiger partial charge on any atom is -0.383 e. The summed E-state index contributed by atoms with van der Waals surface area (Å²) in [6, 6.07) is 0.520. The molecule has 0 spiro atoms. The van der Waals surface area contributed by atoms with Crippen molar-refractivity contribution in [2.24, 2.45) is 0 Å². The van der Waals surface area contributed by atoms with E-state index in [0.29, 0.717) is 6.04 Å². The number of hydrogen-bond donors (Lipinski definition) is 1. The second-order valence-electron chi connectivity index (χ2n) is 4.38.